The van der Waals surface area contributed by atoms with Gasteiger partial charge in [-0.25, -0.2) is 0 Å². The van der Waals surface area contributed by atoms with Crippen molar-refractivity contribution >= 4 is 11.6 Å². The fourth-order valence-electron chi connectivity index (χ4n) is 2.29. The first-order valence-electron chi connectivity index (χ1n) is 5.98. The van der Waals surface area contributed by atoms with Crippen LogP contribution in [0.15, 0.2) is 18.2 Å². The Labute approximate surface area is 106 Å². The number of nitrogen functional groups attached to an aromatic ring is 1. The predicted molar refractivity (Wildman–Crippen MR) is 68.4 cm³/mol. The average molecular weight is 250 g/mol. The van der Waals surface area contributed by atoms with Crippen LogP contribution < -0.4 is 5.73 Å². The van der Waals surface area contributed by atoms with Gasteiger partial charge in [0, 0.05) is 31.8 Å². The number of likely N-dealkylation sites (tertiary alicyclic amines) is 1. The van der Waals surface area contributed by atoms with Crippen LogP contribution in [0.1, 0.15) is 16.8 Å². The number of nitrogens with two attached hydrogens (primary N) is 1. The molecule has 1 heterocycles. The standard InChI is InChI=1S/C13H18N2O3/c1-18-8-9-4-5-15(7-9)13(17)11-6-10(16)2-3-12(11)14/h2-3,6,9,16H,4-5,7-8,14H2,1H3. The molecular formula is C13H18N2O3. The quantitative estimate of drug-likeness (QED) is 0.622. The number of hydrogen-bond acceptors (Lipinski definition) is 4. The molecule has 98 valence electrons. The Kier molecular flexibility index (Phi) is 3.72. The average Bonchev–Trinajstić information content (AvgIpc) is 2.80. The summed E-state index contributed by atoms with van der Waals surface area (Å²) in [5.74, 6) is 0.319. The van der Waals surface area contributed by atoms with Crippen molar-refractivity contribution in [3.05, 3.63) is 23.8 Å². The predicted octanol–water partition coefficient (Wildman–Crippen LogP) is 1.08. The first-order valence-corrected chi connectivity index (χ1v) is 5.98. The first-order chi connectivity index (χ1) is 8.61. The van der Waals surface area contributed by atoms with Crippen LogP contribution >= 0.6 is 0 Å². The van der Waals surface area contributed by atoms with Crippen molar-refractivity contribution in [1.82, 2.24) is 4.90 Å². The van der Waals surface area contributed by atoms with Gasteiger partial charge in [0.1, 0.15) is 5.75 Å². The van der Waals surface area contributed by atoms with E-state index < -0.39 is 0 Å². The number of rotatable bonds is 3. The lowest BCUT2D eigenvalue weighted by atomic mass is 10.1. The molecule has 1 atom stereocenters. The topological polar surface area (TPSA) is 75.8 Å². The number of hydrogen-bond donors (Lipinski definition) is 2. The number of benzene rings is 1. The van der Waals surface area contributed by atoms with E-state index in [0.29, 0.717) is 36.9 Å². The summed E-state index contributed by atoms with van der Waals surface area (Å²) in [6.45, 7) is 2.06. The van der Waals surface area contributed by atoms with Crippen LogP contribution in [0.2, 0.25) is 0 Å². The summed E-state index contributed by atoms with van der Waals surface area (Å²) in [6.07, 6.45) is 0.943. The number of amides is 1. The molecule has 1 fully saturated rings. The van der Waals surface area contributed by atoms with Crippen molar-refractivity contribution in [3.8, 4) is 5.75 Å². The minimum atomic E-state index is -0.123. The Morgan fingerprint density at radius 1 is 1.61 bits per heavy atom. The van der Waals surface area contributed by atoms with E-state index in [1.54, 1.807) is 18.1 Å². The molecule has 1 aliphatic heterocycles. The molecule has 5 nitrogen and oxygen atoms in total. The van der Waals surface area contributed by atoms with Gasteiger partial charge in [0.05, 0.1) is 12.2 Å². The van der Waals surface area contributed by atoms with Crippen LogP contribution in [0.3, 0.4) is 0 Å². The lowest BCUT2D eigenvalue weighted by Crippen LogP contribution is -2.29. The van der Waals surface area contributed by atoms with Gasteiger partial charge < -0.3 is 20.5 Å². The van der Waals surface area contributed by atoms with Crippen LogP contribution in [0.5, 0.6) is 5.75 Å². The number of methoxy groups -OCH3 is 1. The zero-order valence-electron chi connectivity index (χ0n) is 10.4. The Morgan fingerprint density at radius 3 is 3.11 bits per heavy atom. The minimum Gasteiger partial charge on any atom is -0.508 e. The molecule has 5 heteroatoms. The monoisotopic (exact) mass is 250 g/mol. The third-order valence-electron chi connectivity index (χ3n) is 3.24. The van der Waals surface area contributed by atoms with E-state index in [-0.39, 0.29) is 11.7 Å². The fraction of sp³-hybridized carbons (Fsp3) is 0.462. The Hall–Kier alpha value is -1.75. The van der Waals surface area contributed by atoms with Gasteiger partial charge in [0.15, 0.2) is 0 Å². The zero-order chi connectivity index (χ0) is 13.1. The smallest absolute Gasteiger partial charge is 0.256 e. The van der Waals surface area contributed by atoms with Gasteiger partial charge in [-0.05, 0) is 24.6 Å². The highest BCUT2D eigenvalue weighted by Crippen LogP contribution is 2.24. The van der Waals surface area contributed by atoms with Gasteiger partial charge >= 0.3 is 0 Å². The largest absolute Gasteiger partial charge is 0.508 e. The van der Waals surface area contributed by atoms with Crippen molar-refractivity contribution in [2.24, 2.45) is 5.92 Å². The SMILES string of the molecule is COCC1CCN(C(=O)c2cc(O)ccc2N)C1. The molecule has 1 aromatic rings. The Morgan fingerprint density at radius 2 is 2.39 bits per heavy atom. The molecule has 0 radical (unpaired) electrons. The van der Waals surface area contributed by atoms with Crippen molar-refractivity contribution in [2.45, 2.75) is 6.42 Å². The summed E-state index contributed by atoms with van der Waals surface area (Å²) in [5, 5.41) is 9.42. The molecule has 1 amide bonds. The highest BCUT2D eigenvalue weighted by atomic mass is 16.5. The van der Waals surface area contributed by atoms with E-state index >= 15 is 0 Å². The summed E-state index contributed by atoms with van der Waals surface area (Å²) < 4.78 is 5.10. The molecule has 0 spiro atoms. The Bertz CT molecular complexity index is 448. The van der Waals surface area contributed by atoms with Gasteiger partial charge in [0.25, 0.3) is 5.91 Å². The summed E-state index contributed by atoms with van der Waals surface area (Å²) >= 11 is 0. The molecule has 18 heavy (non-hydrogen) atoms. The van der Waals surface area contributed by atoms with Crippen LogP contribution in [0.25, 0.3) is 0 Å². The van der Waals surface area contributed by atoms with Crippen LogP contribution in [-0.4, -0.2) is 42.7 Å². The highest BCUT2D eigenvalue weighted by molar-refractivity contribution is 5.99. The minimum absolute atomic E-state index is 0.0557. The van der Waals surface area contributed by atoms with Gasteiger partial charge in [-0.15, -0.1) is 0 Å². The van der Waals surface area contributed by atoms with E-state index in [1.165, 1.54) is 12.1 Å². The molecule has 3 N–H and O–H groups in total. The molecule has 1 saturated heterocycles. The lowest BCUT2D eigenvalue weighted by Gasteiger charge is -2.17. The van der Waals surface area contributed by atoms with E-state index in [1.807, 2.05) is 0 Å². The molecule has 1 unspecified atom stereocenters. The second kappa shape index (κ2) is 5.27. The summed E-state index contributed by atoms with van der Waals surface area (Å²) in [6, 6.07) is 4.44. The van der Waals surface area contributed by atoms with Gasteiger partial charge in [-0.2, -0.15) is 0 Å². The number of phenols is 1. The van der Waals surface area contributed by atoms with E-state index in [9.17, 15) is 9.90 Å². The number of aromatic hydroxyl groups is 1. The van der Waals surface area contributed by atoms with Crippen LogP contribution in [0, 0.1) is 5.92 Å². The van der Waals surface area contributed by atoms with Gasteiger partial charge in [0.2, 0.25) is 0 Å². The highest BCUT2D eigenvalue weighted by Gasteiger charge is 2.27. The van der Waals surface area contributed by atoms with Crippen molar-refractivity contribution in [1.29, 1.82) is 0 Å². The molecule has 1 aromatic carbocycles. The third-order valence-corrected chi connectivity index (χ3v) is 3.24. The molecular weight excluding hydrogens is 232 g/mol. The maximum absolute atomic E-state index is 12.3. The Balaban J connectivity index is 2.10. The van der Waals surface area contributed by atoms with Crippen molar-refractivity contribution in [2.75, 3.05) is 32.5 Å². The molecule has 0 saturated carbocycles. The van der Waals surface area contributed by atoms with E-state index in [4.69, 9.17) is 10.5 Å². The number of ether oxygens (including phenoxy) is 1. The number of anilines is 1. The summed E-state index contributed by atoms with van der Waals surface area (Å²) in [4.78, 5) is 14.0. The molecule has 2 rings (SSSR count). The fourth-order valence-corrected chi connectivity index (χ4v) is 2.29. The lowest BCUT2D eigenvalue weighted by molar-refractivity contribution is 0.0776. The summed E-state index contributed by atoms with van der Waals surface area (Å²) in [5.41, 5.74) is 6.53. The third kappa shape index (κ3) is 2.56. The van der Waals surface area contributed by atoms with Gasteiger partial charge in [-0.1, -0.05) is 0 Å². The molecule has 0 aromatic heterocycles. The van der Waals surface area contributed by atoms with Gasteiger partial charge in [-0.3, -0.25) is 4.79 Å². The van der Waals surface area contributed by atoms with Crippen LogP contribution in [-0.2, 0) is 4.74 Å². The number of nitrogens with zero attached hydrogens (tertiary/aromatic N) is 1. The molecule has 0 aliphatic carbocycles. The number of carbonyl (C=O) groups is 1. The van der Waals surface area contributed by atoms with E-state index in [0.717, 1.165) is 6.42 Å². The second-order valence-corrected chi connectivity index (χ2v) is 4.63. The zero-order valence-corrected chi connectivity index (χ0v) is 10.4. The van der Waals surface area contributed by atoms with E-state index in [2.05, 4.69) is 0 Å². The molecule has 0 bridgehead atoms. The second-order valence-electron chi connectivity index (χ2n) is 4.63. The maximum atomic E-state index is 12.3. The number of carbonyl (C=O) groups excluding carboxylic acids is 1. The van der Waals surface area contributed by atoms with Crippen molar-refractivity contribution in [3.63, 3.8) is 0 Å². The summed E-state index contributed by atoms with van der Waals surface area (Å²) in [7, 11) is 1.66. The molecule has 1 aliphatic rings. The number of phenolic OH excluding ortho intramolecular Hbond substituents is 1. The normalized spacial score (nSPS) is 19.2. The maximum Gasteiger partial charge on any atom is 0.256 e. The van der Waals surface area contributed by atoms with Crippen LogP contribution in [0.4, 0.5) is 5.69 Å². The van der Waals surface area contributed by atoms with Crippen molar-refractivity contribution < 1.29 is 14.6 Å². The first kappa shape index (κ1) is 12.7.